The summed E-state index contributed by atoms with van der Waals surface area (Å²) < 4.78 is 1.86. The second kappa shape index (κ2) is 7.58. The minimum Gasteiger partial charge on any atom is -0.396 e. The summed E-state index contributed by atoms with van der Waals surface area (Å²) in [5.74, 6) is 1.88. The van der Waals surface area contributed by atoms with Crippen LogP contribution in [0.5, 0.6) is 0 Å². The zero-order valence-corrected chi connectivity index (χ0v) is 16.3. The Balaban J connectivity index is 2.11. The molecule has 4 nitrogen and oxygen atoms in total. The molecule has 0 amide bonds. The average molecular weight is 367 g/mol. The van der Waals surface area contributed by atoms with Gasteiger partial charge in [0.25, 0.3) is 5.56 Å². The van der Waals surface area contributed by atoms with Crippen LogP contribution in [0.3, 0.4) is 0 Å². The van der Waals surface area contributed by atoms with E-state index >= 15 is 0 Å². The third kappa shape index (κ3) is 3.55. The van der Waals surface area contributed by atoms with Crippen LogP contribution in [-0.2, 0) is 19.4 Å². The van der Waals surface area contributed by atoms with E-state index in [-0.39, 0.29) is 12.2 Å². The van der Waals surface area contributed by atoms with E-state index in [1.807, 2.05) is 4.57 Å². The number of hydrogen-bond acceptors (Lipinski definition) is 5. The van der Waals surface area contributed by atoms with E-state index in [2.05, 4.69) is 20.8 Å². The highest BCUT2D eigenvalue weighted by atomic mass is 32.2. The van der Waals surface area contributed by atoms with Crippen LogP contribution < -0.4 is 5.56 Å². The third-order valence-corrected chi connectivity index (χ3v) is 6.67. The Kier molecular flexibility index (Phi) is 5.67. The molecule has 0 bridgehead atoms. The highest BCUT2D eigenvalue weighted by Gasteiger charge is 2.24. The van der Waals surface area contributed by atoms with Gasteiger partial charge in [-0.3, -0.25) is 9.36 Å². The monoisotopic (exact) mass is 366 g/mol. The summed E-state index contributed by atoms with van der Waals surface area (Å²) in [6.45, 7) is 7.42. The maximum atomic E-state index is 13.2. The molecule has 1 atom stereocenters. The van der Waals surface area contributed by atoms with E-state index in [0.29, 0.717) is 18.4 Å². The van der Waals surface area contributed by atoms with Crippen LogP contribution >= 0.6 is 23.1 Å². The number of fused-ring (bicyclic) bond motifs is 3. The Morgan fingerprint density at radius 2 is 2.25 bits per heavy atom. The Morgan fingerprint density at radius 1 is 1.46 bits per heavy atom. The van der Waals surface area contributed by atoms with Crippen molar-refractivity contribution in [1.29, 1.82) is 0 Å². The first kappa shape index (κ1) is 18.0. The summed E-state index contributed by atoms with van der Waals surface area (Å²) in [4.78, 5) is 20.3. The van der Waals surface area contributed by atoms with Crippen LogP contribution in [0.15, 0.2) is 9.95 Å². The molecule has 1 unspecified atom stereocenters. The molecule has 2 heterocycles. The minimum atomic E-state index is 0.132. The lowest BCUT2D eigenvalue weighted by atomic mass is 9.89. The normalized spacial score (nSPS) is 17.6. The van der Waals surface area contributed by atoms with Gasteiger partial charge in [0.05, 0.1) is 5.39 Å². The number of aromatic nitrogens is 2. The number of rotatable bonds is 6. The van der Waals surface area contributed by atoms with Crippen molar-refractivity contribution in [1.82, 2.24) is 9.55 Å². The van der Waals surface area contributed by atoms with Crippen molar-refractivity contribution >= 4 is 33.3 Å². The molecule has 2 aromatic heterocycles. The van der Waals surface area contributed by atoms with Gasteiger partial charge in [-0.1, -0.05) is 32.5 Å². The van der Waals surface area contributed by atoms with Crippen molar-refractivity contribution in [2.24, 2.45) is 11.8 Å². The summed E-state index contributed by atoms with van der Waals surface area (Å²) in [5.41, 5.74) is 1.39. The Hall–Kier alpha value is -0.850. The van der Waals surface area contributed by atoms with Gasteiger partial charge in [-0.05, 0) is 43.1 Å². The first-order valence-electron chi connectivity index (χ1n) is 8.80. The number of nitrogens with zero attached hydrogens (tertiary/aromatic N) is 2. The molecule has 1 N–H and O–H groups in total. The lowest BCUT2D eigenvalue weighted by molar-refractivity contribution is 0.296. The minimum absolute atomic E-state index is 0.132. The molecule has 0 saturated carbocycles. The third-order valence-electron chi connectivity index (χ3n) is 4.46. The molecule has 2 aromatic rings. The van der Waals surface area contributed by atoms with E-state index in [4.69, 9.17) is 10.1 Å². The van der Waals surface area contributed by atoms with Crippen LogP contribution in [0.1, 0.15) is 44.1 Å². The summed E-state index contributed by atoms with van der Waals surface area (Å²) in [7, 11) is 0. The summed E-state index contributed by atoms with van der Waals surface area (Å²) in [6, 6.07) is 0. The maximum Gasteiger partial charge on any atom is 0.263 e. The van der Waals surface area contributed by atoms with Crippen LogP contribution in [0.25, 0.3) is 10.2 Å². The van der Waals surface area contributed by atoms with Crippen molar-refractivity contribution < 1.29 is 5.11 Å². The van der Waals surface area contributed by atoms with Gasteiger partial charge in [0.2, 0.25) is 0 Å². The van der Waals surface area contributed by atoms with Gasteiger partial charge in [-0.15, -0.1) is 11.3 Å². The largest absolute Gasteiger partial charge is 0.396 e. The Bertz CT molecular complexity index is 779. The Labute approximate surface area is 151 Å². The van der Waals surface area contributed by atoms with Crippen molar-refractivity contribution in [3.05, 3.63) is 20.8 Å². The first-order valence-corrected chi connectivity index (χ1v) is 10.6. The van der Waals surface area contributed by atoms with Crippen LogP contribution in [0.4, 0.5) is 0 Å². The van der Waals surface area contributed by atoms with Gasteiger partial charge in [-0.2, -0.15) is 0 Å². The van der Waals surface area contributed by atoms with Gasteiger partial charge in [-0.25, -0.2) is 4.98 Å². The van der Waals surface area contributed by atoms with Crippen LogP contribution in [-0.4, -0.2) is 27.0 Å². The molecule has 1 aliphatic carbocycles. The smallest absolute Gasteiger partial charge is 0.263 e. The molecule has 0 fully saturated rings. The number of aryl methyl sites for hydroxylation is 1. The highest BCUT2D eigenvalue weighted by Crippen LogP contribution is 2.36. The molecule has 0 saturated heterocycles. The fraction of sp³-hybridized carbons (Fsp3) is 0.667. The van der Waals surface area contributed by atoms with E-state index < -0.39 is 0 Å². The van der Waals surface area contributed by atoms with Crippen molar-refractivity contribution in [2.45, 2.75) is 58.2 Å². The van der Waals surface area contributed by atoms with E-state index in [1.54, 1.807) is 23.1 Å². The second-order valence-corrected chi connectivity index (χ2v) is 9.31. The fourth-order valence-corrected chi connectivity index (χ4v) is 5.63. The quantitative estimate of drug-likeness (QED) is 0.481. The molecule has 0 radical (unpaired) electrons. The molecule has 3 rings (SSSR count). The van der Waals surface area contributed by atoms with Gasteiger partial charge >= 0.3 is 0 Å². The fourth-order valence-electron chi connectivity index (χ4n) is 3.27. The van der Waals surface area contributed by atoms with E-state index in [0.717, 1.165) is 46.8 Å². The average Bonchev–Trinajstić information content (AvgIpc) is 2.88. The number of thioether (sulfide) groups is 1. The van der Waals surface area contributed by atoms with Crippen molar-refractivity contribution in [3.8, 4) is 0 Å². The lowest BCUT2D eigenvalue weighted by Gasteiger charge is -2.18. The molecule has 1 aliphatic rings. The topological polar surface area (TPSA) is 55.1 Å². The molecular formula is C18H26N2O2S2. The summed E-state index contributed by atoms with van der Waals surface area (Å²) >= 11 is 3.30. The van der Waals surface area contributed by atoms with E-state index in [1.165, 1.54) is 10.4 Å². The molecule has 0 aliphatic heterocycles. The maximum absolute atomic E-state index is 13.2. The molecular weight excluding hydrogens is 340 g/mol. The zero-order valence-electron chi connectivity index (χ0n) is 14.7. The van der Waals surface area contributed by atoms with Crippen molar-refractivity contribution in [3.63, 3.8) is 0 Å². The predicted octanol–water partition coefficient (Wildman–Crippen LogP) is 3.71. The number of thiophene rings is 1. The lowest BCUT2D eigenvalue weighted by Crippen LogP contribution is -2.26. The van der Waals surface area contributed by atoms with Crippen molar-refractivity contribution in [2.75, 3.05) is 12.4 Å². The van der Waals surface area contributed by atoms with Crippen LogP contribution in [0, 0.1) is 11.8 Å². The molecule has 0 spiro atoms. The second-order valence-electron chi connectivity index (χ2n) is 7.16. The van der Waals surface area contributed by atoms with Gasteiger partial charge < -0.3 is 5.11 Å². The standard InChI is InChI=1S/C18H26N2O2S2/c1-11(2)10-20-17(22)15-13-6-5-12(3)9-14(13)24-16(15)19-18(20)23-8-4-7-21/h11-12,21H,4-10H2,1-3H3. The number of aliphatic hydroxyl groups excluding tert-OH is 1. The zero-order chi connectivity index (χ0) is 17.3. The van der Waals surface area contributed by atoms with Gasteiger partial charge in [0.1, 0.15) is 4.83 Å². The Morgan fingerprint density at radius 3 is 2.96 bits per heavy atom. The van der Waals surface area contributed by atoms with Gasteiger partial charge in [0.15, 0.2) is 5.16 Å². The first-order chi connectivity index (χ1) is 11.5. The molecule has 0 aromatic carbocycles. The molecule has 132 valence electrons. The molecule has 24 heavy (non-hydrogen) atoms. The SMILES string of the molecule is CC(C)Cn1c(SCCCO)nc2sc3c(c2c1=O)CCC(C)C3. The van der Waals surface area contributed by atoms with E-state index in [9.17, 15) is 4.79 Å². The summed E-state index contributed by atoms with van der Waals surface area (Å²) in [5, 5.41) is 10.7. The number of aliphatic hydroxyl groups is 1. The summed E-state index contributed by atoms with van der Waals surface area (Å²) in [6.07, 6.45) is 3.97. The van der Waals surface area contributed by atoms with Crippen LogP contribution in [0.2, 0.25) is 0 Å². The molecule has 6 heteroatoms. The van der Waals surface area contributed by atoms with Gasteiger partial charge in [0, 0.05) is 23.8 Å². The number of hydrogen-bond donors (Lipinski definition) is 1. The predicted molar refractivity (Wildman–Crippen MR) is 102 cm³/mol. The highest BCUT2D eigenvalue weighted by molar-refractivity contribution is 7.99.